The molecule has 0 amide bonds. The van der Waals surface area contributed by atoms with Crippen molar-refractivity contribution in [1.82, 2.24) is 5.32 Å². The highest BCUT2D eigenvalue weighted by Crippen LogP contribution is 2.36. The lowest BCUT2D eigenvalue weighted by Gasteiger charge is -2.20. The molecule has 1 aliphatic carbocycles. The van der Waals surface area contributed by atoms with E-state index in [1.54, 1.807) is 12.1 Å². The molecule has 0 spiro atoms. The van der Waals surface area contributed by atoms with Gasteiger partial charge >= 0.3 is 0 Å². The highest BCUT2D eigenvalue weighted by molar-refractivity contribution is 5.29. The molecule has 1 unspecified atom stereocenters. The Kier molecular flexibility index (Phi) is 4.16. The first kappa shape index (κ1) is 12.6. The van der Waals surface area contributed by atoms with Crippen molar-refractivity contribution in [3.05, 3.63) is 35.1 Å². The van der Waals surface area contributed by atoms with Gasteiger partial charge in [-0.05, 0) is 55.5 Å². The lowest BCUT2D eigenvalue weighted by atomic mass is 9.96. The number of nitrogens with one attached hydrogen (secondary N) is 1. The Morgan fingerprint density at radius 3 is 2.76 bits per heavy atom. The fraction of sp³-hybridized carbons (Fsp3) is 0.600. The molecule has 1 fully saturated rings. The van der Waals surface area contributed by atoms with Gasteiger partial charge in [0.15, 0.2) is 0 Å². The molecule has 1 aromatic rings. The maximum absolute atomic E-state index is 13.1. The van der Waals surface area contributed by atoms with Crippen LogP contribution in [-0.2, 0) is 0 Å². The molecule has 0 saturated heterocycles. The monoisotopic (exact) mass is 235 g/mol. The minimum absolute atomic E-state index is 0.135. The van der Waals surface area contributed by atoms with E-state index in [-0.39, 0.29) is 5.82 Å². The fourth-order valence-corrected chi connectivity index (χ4v) is 2.45. The maximum Gasteiger partial charge on any atom is 0.123 e. The van der Waals surface area contributed by atoms with Crippen molar-refractivity contribution in [2.45, 2.75) is 45.6 Å². The van der Waals surface area contributed by atoms with E-state index in [2.05, 4.69) is 12.2 Å². The normalized spacial score (nSPS) is 17.1. The molecule has 2 rings (SSSR count). The molecule has 0 aliphatic heterocycles. The molecule has 1 saturated carbocycles. The molecule has 0 aromatic heterocycles. The Balaban J connectivity index is 2.06. The van der Waals surface area contributed by atoms with Crippen molar-refractivity contribution in [1.29, 1.82) is 0 Å². The smallest absolute Gasteiger partial charge is 0.123 e. The Bertz CT molecular complexity index is 371. The van der Waals surface area contributed by atoms with Crippen LogP contribution < -0.4 is 5.32 Å². The fourth-order valence-electron chi connectivity index (χ4n) is 2.45. The molecule has 94 valence electrons. The second-order valence-corrected chi connectivity index (χ2v) is 5.13. The van der Waals surface area contributed by atoms with Gasteiger partial charge in [0, 0.05) is 6.04 Å². The number of rotatable bonds is 6. The summed E-state index contributed by atoms with van der Waals surface area (Å²) in [6.07, 6.45) is 5.28. The van der Waals surface area contributed by atoms with E-state index in [1.165, 1.54) is 31.2 Å². The first-order valence-electron chi connectivity index (χ1n) is 6.70. The van der Waals surface area contributed by atoms with Gasteiger partial charge in [-0.1, -0.05) is 25.8 Å². The zero-order valence-electron chi connectivity index (χ0n) is 10.8. The van der Waals surface area contributed by atoms with Crippen LogP contribution in [0.5, 0.6) is 0 Å². The van der Waals surface area contributed by atoms with Crippen LogP contribution in [0.1, 0.15) is 49.8 Å². The second-order valence-electron chi connectivity index (χ2n) is 5.13. The van der Waals surface area contributed by atoms with Crippen LogP contribution >= 0.6 is 0 Å². The minimum Gasteiger partial charge on any atom is -0.310 e. The van der Waals surface area contributed by atoms with Crippen LogP contribution in [0.25, 0.3) is 0 Å². The van der Waals surface area contributed by atoms with E-state index in [0.717, 1.165) is 18.0 Å². The number of aryl methyl sites for hydroxylation is 1. The van der Waals surface area contributed by atoms with Crippen molar-refractivity contribution >= 4 is 0 Å². The van der Waals surface area contributed by atoms with E-state index in [0.29, 0.717) is 6.04 Å². The Morgan fingerprint density at radius 1 is 1.41 bits per heavy atom. The first-order valence-corrected chi connectivity index (χ1v) is 6.70. The van der Waals surface area contributed by atoms with Gasteiger partial charge in [0.25, 0.3) is 0 Å². The summed E-state index contributed by atoms with van der Waals surface area (Å²) in [5, 5.41) is 3.52. The molecule has 17 heavy (non-hydrogen) atoms. The molecule has 0 heterocycles. The van der Waals surface area contributed by atoms with Crippen LogP contribution in [0, 0.1) is 18.7 Å². The zero-order chi connectivity index (χ0) is 12.3. The summed E-state index contributed by atoms with van der Waals surface area (Å²) >= 11 is 0. The predicted octanol–water partition coefficient (Wildman–Crippen LogP) is 3.97. The van der Waals surface area contributed by atoms with E-state index >= 15 is 0 Å². The average molecular weight is 235 g/mol. The van der Waals surface area contributed by atoms with Gasteiger partial charge in [-0.3, -0.25) is 0 Å². The van der Waals surface area contributed by atoms with Crippen molar-refractivity contribution in [3.8, 4) is 0 Å². The van der Waals surface area contributed by atoms with Gasteiger partial charge in [0.2, 0.25) is 0 Å². The van der Waals surface area contributed by atoms with Crippen LogP contribution in [0.3, 0.4) is 0 Å². The highest BCUT2D eigenvalue weighted by Gasteiger charge is 2.23. The Labute approximate surface area is 103 Å². The third kappa shape index (κ3) is 3.53. The summed E-state index contributed by atoms with van der Waals surface area (Å²) in [5.41, 5.74) is 2.32. The summed E-state index contributed by atoms with van der Waals surface area (Å²) < 4.78 is 13.1. The van der Waals surface area contributed by atoms with E-state index < -0.39 is 0 Å². The van der Waals surface area contributed by atoms with Crippen LogP contribution in [0.2, 0.25) is 0 Å². The van der Waals surface area contributed by atoms with Crippen LogP contribution in [0.15, 0.2) is 18.2 Å². The number of benzene rings is 1. The molecule has 0 bridgehead atoms. The molecular weight excluding hydrogens is 213 g/mol. The third-order valence-electron chi connectivity index (χ3n) is 3.62. The minimum atomic E-state index is -0.135. The molecule has 2 heteroatoms. The number of hydrogen-bond acceptors (Lipinski definition) is 1. The lowest BCUT2D eigenvalue weighted by molar-refractivity contribution is 0.479. The van der Waals surface area contributed by atoms with Crippen molar-refractivity contribution in [3.63, 3.8) is 0 Å². The summed E-state index contributed by atoms with van der Waals surface area (Å²) in [4.78, 5) is 0. The Hall–Kier alpha value is -0.890. The van der Waals surface area contributed by atoms with Crippen molar-refractivity contribution < 1.29 is 4.39 Å². The van der Waals surface area contributed by atoms with E-state index in [9.17, 15) is 4.39 Å². The summed E-state index contributed by atoms with van der Waals surface area (Å²) in [5.74, 6) is 0.820. The topological polar surface area (TPSA) is 12.0 Å². The van der Waals surface area contributed by atoms with Gasteiger partial charge in [-0.25, -0.2) is 4.39 Å². The standard InChI is InChI=1S/C15H22FN/c1-3-17-15(9-6-12-4-5-12)14-8-7-13(16)10-11(14)2/h7-8,10,12,15,17H,3-6,9H2,1-2H3. The maximum atomic E-state index is 13.1. The zero-order valence-corrected chi connectivity index (χ0v) is 10.8. The first-order chi connectivity index (χ1) is 8.20. The summed E-state index contributed by atoms with van der Waals surface area (Å²) in [6.45, 7) is 5.09. The largest absolute Gasteiger partial charge is 0.310 e. The number of hydrogen-bond donors (Lipinski definition) is 1. The quantitative estimate of drug-likeness (QED) is 0.786. The predicted molar refractivity (Wildman–Crippen MR) is 69.5 cm³/mol. The molecular formula is C15H22FN. The van der Waals surface area contributed by atoms with Gasteiger partial charge in [0.05, 0.1) is 0 Å². The van der Waals surface area contributed by atoms with Gasteiger partial charge in [0.1, 0.15) is 5.82 Å². The van der Waals surface area contributed by atoms with Crippen LogP contribution in [-0.4, -0.2) is 6.54 Å². The second kappa shape index (κ2) is 5.63. The molecule has 1 atom stereocenters. The van der Waals surface area contributed by atoms with E-state index in [1.807, 2.05) is 13.0 Å². The molecule has 1 nitrogen and oxygen atoms in total. The van der Waals surface area contributed by atoms with E-state index in [4.69, 9.17) is 0 Å². The molecule has 1 aliphatic rings. The summed E-state index contributed by atoms with van der Waals surface area (Å²) in [7, 11) is 0. The van der Waals surface area contributed by atoms with Crippen molar-refractivity contribution in [2.24, 2.45) is 5.92 Å². The third-order valence-corrected chi connectivity index (χ3v) is 3.62. The van der Waals surface area contributed by atoms with Crippen LogP contribution in [0.4, 0.5) is 4.39 Å². The number of halogens is 1. The van der Waals surface area contributed by atoms with Crippen molar-refractivity contribution in [2.75, 3.05) is 6.54 Å². The lowest BCUT2D eigenvalue weighted by Crippen LogP contribution is -2.21. The molecule has 0 radical (unpaired) electrons. The SMILES string of the molecule is CCNC(CCC1CC1)c1ccc(F)cc1C. The van der Waals surface area contributed by atoms with Gasteiger partial charge in [-0.15, -0.1) is 0 Å². The molecule has 1 N–H and O–H groups in total. The highest BCUT2D eigenvalue weighted by atomic mass is 19.1. The molecule has 1 aromatic carbocycles. The van der Waals surface area contributed by atoms with Gasteiger partial charge < -0.3 is 5.32 Å². The Morgan fingerprint density at radius 2 is 2.18 bits per heavy atom. The summed E-state index contributed by atoms with van der Waals surface area (Å²) in [6, 6.07) is 5.53. The van der Waals surface area contributed by atoms with Gasteiger partial charge in [-0.2, -0.15) is 0 Å². The average Bonchev–Trinajstić information content (AvgIpc) is 3.09.